The molecule has 0 saturated heterocycles. The molecule has 0 bridgehead atoms. The highest BCUT2D eigenvalue weighted by Crippen LogP contribution is 1.94. The standard InChI is InChI=1S/C6H14FNO2S/c1-5(2)4-11(10)8-6(9)3-7/h5-6,8-9H,3-4H2,1-2H3/t6?,11-/m1/s1. The fraction of sp³-hybridized carbons (Fsp3) is 1.00. The molecule has 0 spiro atoms. The molecule has 0 aliphatic carbocycles. The molecule has 0 radical (unpaired) electrons. The topological polar surface area (TPSA) is 49.3 Å². The van der Waals surface area contributed by atoms with Crippen LogP contribution in [-0.4, -0.2) is 28.0 Å². The van der Waals surface area contributed by atoms with Gasteiger partial charge in [0.05, 0.1) is 11.0 Å². The number of aliphatic hydroxyl groups excluding tert-OH is 1. The van der Waals surface area contributed by atoms with Gasteiger partial charge in [0, 0.05) is 5.75 Å². The molecule has 3 nitrogen and oxygen atoms in total. The van der Waals surface area contributed by atoms with Crippen LogP contribution in [0.1, 0.15) is 13.8 Å². The van der Waals surface area contributed by atoms with E-state index in [2.05, 4.69) is 4.72 Å². The normalized spacial score (nSPS) is 16.8. The van der Waals surface area contributed by atoms with E-state index in [0.717, 1.165) is 0 Å². The Bertz CT molecular complexity index is 132. The Morgan fingerprint density at radius 2 is 2.18 bits per heavy atom. The van der Waals surface area contributed by atoms with E-state index in [1.807, 2.05) is 13.8 Å². The Hall–Kier alpha value is -0.0000000000000000555. The smallest absolute Gasteiger partial charge is 0.144 e. The fourth-order valence-corrected chi connectivity index (χ4v) is 1.60. The van der Waals surface area contributed by atoms with Crippen molar-refractivity contribution in [1.29, 1.82) is 0 Å². The van der Waals surface area contributed by atoms with Crippen molar-refractivity contribution in [3.8, 4) is 0 Å². The summed E-state index contributed by atoms with van der Waals surface area (Å²) < 4.78 is 24.7. The van der Waals surface area contributed by atoms with Crippen LogP contribution in [0, 0.1) is 5.92 Å². The molecule has 0 aromatic heterocycles. The molecule has 0 aromatic rings. The third-order valence-corrected chi connectivity index (χ3v) is 2.40. The number of rotatable bonds is 5. The molecular formula is C6H14FNO2S. The molecule has 2 N–H and O–H groups in total. The first-order valence-corrected chi connectivity index (χ1v) is 4.76. The molecule has 0 saturated carbocycles. The van der Waals surface area contributed by atoms with Crippen LogP contribution in [0.2, 0.25) is 0 Å². The Kier molecular flexibility index (Phi) is 5.62. The minimum Gasteiger partial charge on any atom is -0.375 e. The van der Waals surface area contributed by atoms with Crippen LogP contribution >= 0.6 is 0 Å². The highest BCUT2D eigenvalue weighted by molar-refractivity contribution is 7.83. The number of hydrogen-bond donors (Lipinski definition) is 2. The molecule has 1 unspecified atom stereocenters. The van der Waals surface area contributed by atoms with Gasteiger partial charge in [-0.1, -0.05) is 13.8 Å². The van der Waals surface area contributed by atoms with E-state index in [0.29, 0.717) is 5.75 Å². The molecule has 0 amide bonds. The van der Waals surface area contributed by atoms with Crippen molar-refractivity contribution >= 4 is 11.0 Å². The number of nitrogens with one attached hydrogen (secondary N) is 1. The first-order valence-electron chi connectivity index (χ1n) is 3.44. The van der Waals surface area contributed by atoms with Gasteiger partial charge in [-0.05, 0) is 5.92 Å². The summed E-state index contributed by atoms with van der Waals surface area (Å²) in [6.45, 7) is 2.90. The molecule has 2 atom stereocenters. The van der Waals surface area contributed by atoms with Gasteiger partial charge in [0.15, 0.2) is 0 Å². The van der Waals surface area contributed by atoms with Gasteiger partial charge in [0.25, 0.3) is 0 Å². The van der Waals surface area contributed by atoms with Crippen LogP contribution in [0.5, 0.6) is 0 Å². The molecule has 0 heterocycles. The maximum absolute atomic E-state index is 11.6. The Morgan fingerprint density at radius 1 is 1.64 bits per heavy atom. The summed E-state index contributed by atoms with van der Waals surface area (Å²) in [7, 11) is -1.32. The Morgan fingerprint density at radius 3 is 2.55 bits per heavy atom. The van der Waals surface area contributed by atoms with E-state index in [4.69, 9.17) is 5.11 Å². The summed E-state index contributed by atoms with van der Waals surface area (Å²) in [6, 6.07) is 0. The summed E-state index contributed by atoms with van der Waals surface area (Å²) in [5.41, 5.74) is 0. The lowest BCUT2D eigenvalue weighted by Crippen LogP contribution is -2.34. The monoisotopic (exact) mass is 183 g/mol. The maximum atomic E-state index is 11.6. The second-order valence-electron chi connectivity index (χ2n) is 2.69. The zero-order valence-electron chi connectivity index (χ0n) is 6.71. The highest BCUT2D eigenvalue weighted by Gasteiger charge is 2.08. The van der Waals surface area contributed by atoms with Gasteiger partial charge in [-0.15, -0.1) is 0 Å². The lowest BCUT2D eigenvalue weighted by molar-refractivity contribution is 0.131. The van der Waals surface area contributed by atoms with Crippen molar-refractivity contribution in [2.45, 2.75) is 20.1 Å². The second-order valence-corrected chi connectivity index (χ2v) is 3.95. The second kappa shape index (κ2) is 5.62. The summed E-state index contributed by atoms with van der Waals surface area (Å²) in [4.78, 5) is 0. The highest BCUT2D eigenvalue weighted by atomic mass is 32.2. The average Bonchev–Trinajstić information content (AvgIpc) is 1.85. The van der Waals surface area contributed by atoms with Crippen molar-refractivity contribution in [2.75, 3.05) is 12.4 Å². The third-order valence-electron chi connectivity index (χ3n) is 0.898. The summed E-state index contributed by atoms with van der Waals surface area (Å²) in [5, 5.41) is 8.66. The quantitative estimate of drug-likeness (QED) is 0.597. The first-order chi connectivity index (χ1) is 5.06. The molecule has 11 heavy (non-hydrogen) atoms. The van der Waals surface area contributed by atoms with E-state index < -0.39 is 23.9 Å². The van der Waals surface area contributed by atoms with Crippen LogP contribution in [-0.2, 0) is 11.0 Å². The molecular weight excluding hydrogens is 169 g/mol. The molecule has 68 valence electrons. The van der Waals surface area contributed by atoms with Crippen LogP contribution in [0.15, 0.2) is 0 Å². The fourth-order valence-electron chi connectivity index (χ4n) is 0.534. The molecule has 0 aromatic carbocycles. The van der Waals surface area contributed by atoms with E-state index in [9.17, 15) is 8.60 Å². The van der Waals surface area contributed by atoms with Crippen LogP contribution in [0.4, 0.5) is 4.39 Å². The predicted octanol–water partition coefficient (Wildman–Crippen LogP) is 0.184. The lowest BCUT2D eigenvalue weighted by atomic mass is 10.3. The molecule has 0 aliphatic rings. The third kappa shape index (κ3) is 6.40. The molecule has 0 rings (SSSR count). The van der Waals surface area contributed by atoms with Gasteiger partial charge in [0.2, 0.25) is 0 Å². The van der Waals surface area contributed by atoms with Crippen molar-refractivity contribution in [2.24, 2.45) is 5.92 Å². The molecule has 0 fully saturated rings. The largest absolute Gasteiger partial charge is 0.375 e. The van der Waals surface area contributed by atoms with Gasteiger partial charge in [-0.3, -0.25) is 0 Å². The lowest BCUT2D eigenvalue weighted by Gasteiger charge is -2.09. The van der Waals surface area contributed by atoms with E-state index in [1.165, 1.54) is 0 Å². The minimum absolute atomic E-state index is 0.273. The number of halogens is 1. The van der Waals surface area contributed by atoms with Gasteiger partial charge in [-0.25, -0.2) is 13.3 Å². The first kappa shape index (κ1) is 11.0. The van der Waals surface area contributed by atoms with Gasteiger partial charge >= 0.3 is 0 Å². The molecule has 0 aliphatic heterocycles. The summed E-state index contributed by atoms with van der Waals surface area (Å²) in [5.74, 6) is 0.701. The van der Waals surface area contributed by atoms with Gasteiger partial charge in [0.1, 0.15) is 12.9 Å². The van der Waals surface area contributed by atoms with Crippen molar-refractivity contribution in [1.82, 2.24) is 4.72 Å². The summed E-state index contributed by atoms with van der Waals surface area (Å²) in [6.07, 6.45) is -1.30. The van der Waals surface area contributed by atoms with Crippen LogP contribution < -0.4 is 4.72 Å². The summed E-state index contributed by atoms with van der Waals surface area (Å²) >= 11 is 0. The zero-order valence-corrected chi connectivity index (χ0v) is 7.53. The Balaban J connectivity index is 3.52. The number of hydrogen-bond acceptors (Lipinski definition) is 2. The van der Waals surface area contributed by atoms with Crippen LogP contribution in [0.3, 0.4) is 0 Å². The van der Waals surface area contributed by atoms with Gasteiger partial charge in [-0.2, -0.15) is 0 Å². The van der Waals surface area contributed by atoms with Crippen LogP contribution in [0.25, 0.3) is 0 Å². The minimum atomic E-state index is -1.32. The predicted molar refractivity (Wildman–Crippen MR) is 43.0 cm³/mol. The van der Waals surface area contributed by atoms with E-state index in [1.54, 1.807) is 0 Å². The van der Waals surface area contributed by atoms with Crippen molar-refractivity contribution < 1.29 is 13.7 Å². The van der Waals surface area contributed by atoms with E-state index in [-0.39, 0.29) is 5.92 Å². The van der Waals surface area contributed by atoms with Crippen molar-refractivity contribution in [3.63, 3.8) is 0 Å². The number of aliphatic hydroxyl groups is 1. The van der Waals surface area contributed by atoms with Crippen molar-refractivity contribution in [3.05, 3.63) is 0 Å². The SMILES string of the molecule is CC(C)C[S@@](=O)NC(O)CF. The average molecular weight is 183 g/mol. The van der Waals surface area contributed by atoms with E-state index >= 15 is 0 Å². The molecule has 5 heteroatoms. The zero-order chi connectivity index (χ0) is 8.85. The Labute approximate surface area is 68.6 Å². The number of alkyl halides is 1. The maximum Gasteiger partial charge on any atom is 0.144 e. The van der Waals surface area contributed by atoms with Gasteiger partial charge < -0.3 is 5.11 Å².